The minimum absolute atomic E-state index is 0.222. The predicted molar refractivity (Wildman–Crippen MR) is 90.6 cm³/mol. The number of ether oxygens (including phenoxy) is 1. The molecule has 6 heteroatoms. The Morgan fingerprint density at radius 3 is 2.16 bits per heavy atom. The van der Waals surface area contributed by atoms with Crippen molar-refractivity contribution in [3.63, 3.8) is 0 Å². The molecule has 1 atom stereocenters. The minimum atomic E-state index is -0.819. The van der Waals surface area contributed by atoms with Crippen LogP contribution in [0.3, 0.4) is 0 Å². The lowest BCUT2D eigenvalue weighted by Crippen LogP contribution is -2.10. The summed E-state index contributed by atoms with van der Waals surface area (Å²) < 4.78 is 4.85. The second kappa shape index (κ2) is 10.4. The highest BCUT2D eigenvalue weighted by Crippen LogP contribution is 2.20. The van der Waals surface area contributed by atoms with Gasteiger partial charge in [-0.05, 0) is 17.5 Å². The number of benzene rings is 1. The van der Waals surface area contributed by atoms with Crippen LogP contribution in [0, 0.1) is 0 Å². The molecule has 106 valence electrons. The molecule has 0 unspecified atom stereocenters. The summed E-state index contributed by atoms with van der Waals surface area (Å²) in [5.41, 5.74) is 1.62. The average molecular weight is 490 g/mol. The molecule has 0 radical (unpaired) electrons. The summed E-state index contributed by atoms with van der Waals surface area (Å²) >= 11 is 4.24. The first-order chi connectivity index (χ1) is 9.04. The first-order valence-electron chi connectivity index (χ1n) is 5.64. The van der Waals surface area contributed by atoms with Gasteiger partial charge in [0.05, 0.1) is 5.92 Å². The second-order valence-corrected chi connectivity index (χ2v) is 3.82. The molecule has 0 heterocycles. The summed E-state index contributed by atoms with van der Waals surface area (Å²) in [7, 11) is 0. The van der Waals surface area contributed by atoms with Crippen molar-refractivity contribution in [1.82, 2.24) is 0 Å². The van der Waals surface area contributed by atoms with Gasteiger partial charge in [-0.15, -0.1) is 0 Å². The molecule has 0 spiro atoms. The number of rotatable bonds is 5. The molecule has 0 aliphatic carbocycles. The molecule has 19 heavy (non-hydrogen) atoms. The lowest BCUT2D eigenvalue weighted by atomic mass is 9.96. The van der Waals surface area contributed by atoms with Gasteiger partial charge in [-0.25, -0.2) is 0 Å². The highest BCUT2D eigenvalue weighted by Gasteiger charge is 2.16. The molecule has 1 N–H and O–H groups in total. The van der Waals surface area contributed by atoms with Crippen LogP contribution in [0.4, 0.5) is 0 Å². The Labute approximate surface area is 136 Å². The molecule has 4 nitrogen and oxygen atoms in total. The van der Waals surface area contributed by atoms with Crippen molar-refractivity contribution in [3.8, 4) is 0 Å². The Morgan fingerprint density at radius 2 is 1.79 bits per heavy atom. The quantitative estimate of drug-likeness (QED) is 0.499. The fourth-order valence-corrected chi connectivity index (χ4v) is 1.58. The number of carbonyl (C=O) groups is 2. The van der Waals surface area contributed by atoms with E-state index in [9.17, 15) is 9.59 Å². The maximum Gasteiger partial charge on any atom is 0.310 e. The van der Waals surface area contributed by atoms with Crippen LogP contribution in [0.1, 0.15) is 37.3 Å². The Kier molecular flexibility index (Phi) is 10.2. The number of carboxylic acid groups (broad SMARTS) is 1. The Balaban J connectivity index is 0.00000154. The Hall–Kier alpha value is -0.380. The van der Waals surface area contributed by atoms with Crippen molar-refractivity contribution >= 4 is 49.2 Å². The number of carbonyl (C=O) groups excluding carboxylic acids is 1. The average Bonchev–Trinajstić information content (AvgIpc) is 2.40. The van der Waals surface area contributed by atoms with E-state index in [2.05, 4.69) is 37.2 Å². The SMILES string of the molecule is CC[C@@H](C(=O)O)c1ccc(COC(C)=O)cc1.II. The van der Waals surface area contributed by atoms with Gasteiger partial charge >= 0.3 is 11.9 Å². The highest BCUT2D eigenvalue weighted by atomic mass is 128. The van der Waals surface area contributed by atoms with Crippen LogP contribution in [0.2, 0.25) is 0 Å². The van der Waals surface area contributed by atoms with E-state index in [1.165, 1.54) is 6.92 Å². The van der Waals surface area contributed by atoms with Gasteiger partial charge in [0.1, 0.15) is 6.61 Å². The van der Waals surface area contributed by atoms with Crippen molar-refractivity contribution in [1.29, 1.82) is 0 Å². The third-order valence-electron chi connectivity index (χ3n) is 2.53. The minimum Gasteiger partial charge on any atom is -0.481 e. The zero-order valence-electron chi connectivity index (χ0n) is 10.7. The van der Waals surface area contributed by atoms with E-state index in [0.717, 1.165) is 11.1 Å². The fourth-order valence-electron chi connectivity index (χ4n) is 1.58. The van der Waals surface area contributed by atoms with Crippen molar-refractivity contribution in [2.75, 3.05) is 0 Å². The molecule has 0 saturated heterocycles. The zero-order chi connectivity index (χ0) is 14.8. The number of esters is 1. The summed E-state index contributed by atoms with van der Waals surface area (Å²) in [6.45, 7) is 3.41. The molecule has 0 amide bonds. The van der Waals surface area contributed by atoms with E-state index in [0.29, 0.717) is 6.42 Å². The van der Waals surface area contributed by atoms with Crippen molar-refractivity contribution < 1.29 is 19.4 Å². The monoisotopic (exact) mass is 490 g/mol. The molecule has 1 aromatic carbocycles. The summed E-state index contributed by atoms with van der Waals surface area (Å²) in [5, 5.41) is 9.00. The summed E-state index contributed by atoms with van der Waals surface area (Å²) in [5.74, 6) is -1.62. The molecule has 1 aromatic rings. The molecule has 0 bridgehead atoms. The van der Waals surface area contributed by atoms with E-state index in [1.54, 1.807) is 24.3 Å². The zero-order valence-corrected chi connectivity index (χ0v) is 15.0. The van der Waals surface area contributed by atoms with Crippen LogP contribution in [0.15, 0.2) is 24.3 Å². The Bertz CT molecular complexity index is 404. The first kappa shape index (κ1) is 18.6. The van der Waals surface area contributed by atoms with Crippen LogP contribution in [0.25, 0.3) is 0 Å². The second-order valence-electron chi connectivity index (χ2n) is 3.82. The van der Waals surface area contributed by atoms with Crippen LogP contribution in [-0.4, -0.2) is 17.0 Å². The molecule has 0 aliphatic rings. The highest BCUT2D eigenvalue weighted by molar-refractivity contribution is 15.0. The molecule has 0 saturated carbocycles. The van der Waals surface area contributed by atoms with E-state index in [-0.39, 0.29) is 12.6 Å². The smallest absolute Gasteiger partial charge is 0.310 e. The maximum absolute atomic E-state index is 11.0. The Morgan fingerprint density at radius 1 is 1.26 bits per heavy atom. The molecule has 0 fully saturated rings. The number of hydrogen-bond acceptors (Lipinski definition) is 3. The van der Waals surface area contributed by atoms with Crippen LogP contribution in [0.5, 0.6) is 0 Å². The summed E-state index contributed by atoms with van der Waals surface area (Å²) in [6.07, 6.45) is 0.554. The van der Waals surface area contributed by atoms with Gasteiger partial charge in [-0.3, -0.25) is 9.59 Å². The van der Waals surface area contributed by atoms with Gasteiger partial charge < -0.3 is 9.84 Å². The lowest BCUT2D eigenvalue weighted by Gasteiger charge is -2.10. The van der Waals surface area contributed by atoms with Crippen LogP contribution < -0.4 is 0 Å². The molecule has 0 aliphatic heterocycles. The number of carboxylic acids is 1. The third-order valence-corrected chi connectivity index (χ3v) is 2.53. The standard InChI is InChI=1S/C13H16O4.I2/c1-3-12(13(15)16)11-6-4-10(5-7-11)8-17-9(2)14;1-2/h4-7,12H,3,8H2,1-2H3,(H,15,16);/t12-;/m1./s1. The van der Waals surface area contributed by atoms with Gasteiger partial charge in [0.15, 0.2) is 0 Å². The van der Waals surface area contributed by atoms with E-state index in [1.807, 2.05) is 6.92 Å². The van der Waals surface area contributed by atoms with Crippen LogP contribution >= 0.6 is 37.2 Å². The first-order valence-corrected chi connectivity index (χ1v) is 11.9. The van der Waals surface area contributed by atoms with Gasteiger partial charge in [0.25, 0.3) is 0 Å². The molecule has 1 rings (SSSR count). The fraction of sp³-hybridized carbons (Fsp3) is 0.385. The summed E-state index contributed by atoms with van der Waals surface area (Å²) in [6, 6.07) is 7.09. The van der Waals surface area contributed by atoms with Gasteiger partial charge in [0.2, 0.25) is 0 Å². The van der Waals surface area contributed by atoms with E-state index < -0.39 is 11.9 Å². The number of hydrogen-bond donors (Lipinski definition) is 1. The normalized spacial score (nSPS) is 10.9. The summed E-state index contributed by atoms with van der Waals surface area (Å²) in [4.78, 5) is 21.6. The molecular weight excluding hydrogens is 474 g/mol. The van der Waals surface area contributed by atoms with Gasteiger partial charge in [-0.2, -0.15) is 0 Å². The van der Waals surface area contributed by atoms with E-state index in [4.69, 9.17) is 9.84 Å². The van der Waals surface area contributed by atoms with Gasteiger partial charge in [-0.1, -0.05) is 31.2 Å². The maximum atomic E-state index is 11.0. The topological polar surface area (TPSA) is 63.6 Å². The van der Waals surface area contributed by atoms with Crippen LogP contribution in [-0.2, 0) is 20.9 Å². The van der Waals surface area contributed by atoms with Crippen molar-refractivity contribution in [3.05, 3.63) is 35.4 Å². The lowest BCUT2D eigenvalue weighted by molar-refractivity contribution is -0.142. The van der Waals surface area contributed by atoms with Gasteiger partial charge in [0, 0.05) is 44.2 Å². The molecular formula is C13H16I2O4. The predicted octanol–water partition coefficient (Wildman–Crippen LogP) is 4.10. The van der Waals surface area contributed by atoms with E-state index >= 15 is 0 Å². The number of halogens is 2. The third kappa shape index (κ3) is 7.09. The van der Waals surface area contributed by atoms with Crippen molar-refractivity contribution in [2.24, 2.45) is 0 Å². The largest absolute Gasteiger partial charge is 0.481 e. The molecule has 0 aromatic heterocycles. The van der Waals surface area contributed by atoms with Crippen molar-refractivity contribution in [2.45, 2.75) is 32.8 Å². The number of aliphatic carboxylic acids is 1.